The van der Waals surface area contributed by atoms with Gasteiger partial charge in [-0.2, -0.15) is 0 Å². The molecule has 0 spiro atoms. The summed E-state index contributed by atoms with van der Waals surface area (Å²) in [5.74, 6) is -0.197. The van der Waals surface area contributed by atoms with E-state index in [9.17, 15) is 9.59 Å². The zero-order valence-electron chi connectivity index (χ0n) is 15.4. The largest absolute Gasteiger partial charge is 0.483 e. The first kappa shape index (κ1) is 19.6. The third kappa shape index (κ3) is 5.40. The number of esters is 1. The number of nitrogens with zero attached hydrogens (tertiary/aromatic N) is 1. The average Bonchev–Trinajstić information content (AvgIpc) is 3.17. The van der Waals surface area contributed by atoms with Gasteiger partial charge >= 0.3 is 5.97 Å². The highest BCUT2D eigenvalue weighted by atomic mass is 32.1. The number of carbonyl (C=O) groups excluding carboxylic acids is 2. The molecule has 0 fully saturated rings. The number of para-hydroxylation sites is 1. The molecule has 0 atom stereocenters. The monoisotopic (exact) mass is 396 g/mol. The van der Waals surface area contributed by atoms with E-state index in [0.29, 0.717) is 17.3 Å². The first-order chi connectivity index (χ1) is 13.7. The number of rotatable bonds is 8. The highest BCUT2D eigenvalue weighted by Gasteiger charge is 2.14. The molecule has 0 unspecified atom stereocenters. The van der Waals surface area contributed by atoms with Gasteiger partial charge in [0.1, 0.15) is 5.75 Å². The van der Waals surface area contributed by atoms with E-state index in [0.717, 1.165) is 22.5 Å². The lowest BCUT2D eigenvalue weighted by Crippen LogP contribution is -2.20. The van der Waals surface area contributed by atoms with Crippen molar-refractivity contribution in [3.05, 3.63) is 76.8 Å². The lowest BCUT2D eigenvalue weighted by atomic mass is 10.0. The van der Waals surface area contributed by atoms with Crippen molar-refractivity contribution in [2.45, 2.75) is 13.3 Å². The second-order valence-corrected chi connectivity index (χ2v) is 6.72. The molecule has 0 saturated carbocycles. The van der Waals surface area contributed by atoms with E-state index in [1.54, 1.807) is 12.3 Å². The Kier molecular flexibility index (Phi) is 6.75. The summed E-state index contributed by atoms with van der Waals surface area (Å²) in [4.78, 5) is 27.9. The second kappa shape index (κ2) is 9.66. The Morgan fingerprint density at radius 3 is 2.61 bits per heavy atom. The number of ether oxygens (including phenoxy) is 2. The fraction of sp³-hybridized carbons (Fsp3) is 0.190. The fourth-order valence-corrected chi connectivity index (χ4v) is 3.23. The summed E-state index contributed by atoms with van der Waals surface area (Å²) < 4.78 is 10.6. The molecular formula is C21H20N2O4S. The summed E-state index contributed by atoms with van der Waals surface area (Å²) >= 11 is 1.16. The van der Waals surface area contributed by atoms with Gasteiger partial charge < -0.3 is 9.47 Å². The van der Waals surface area contributed by atoms with Crippen LogP contribution in [0.4, 0.5) is 5.13 Å². The number of nitrogens with one attached hydrogen (secondary N) is 1. The maximum atomic E-state index is 12.2. The van der Waals surface area contributed by atoms with Crippen LogP contribution in [0.3, 0.4) is 0 Å². The molecule has 6 nitrogen and oxygen atoms in total. The highest BCUT2D eigenvalue weighted by molar-refractivity contribution is 7.14. The predicted octanol–water partition coefficient (Wildman–Crippen LogP) is 3.93. The van der Waals surface area contributed by atoms with Crippen molar-refractivity contribution < 1.29 is 19.1 Å². The van der Waals surface area contributed by atoms with Gasteiger partial charge in [-0.1, -0.05) is 48.5 Å². The van der Waals surface area contributed by atoms with Crippen LogP contribution in [0.2, 0.25) is 0 Å². The van der Waals surface area contributed by atoms with Gasteiger partial charge in [-0.15, -0.1) is 11.3 Å². The molecule has 7 heteroatoms. The smallest absolute Gasteiger partial charge is 0.357 e. The van der Waals surface area contributed by atoms with Gasteiger partial charge in [0, 0.05) is 11.8 Å². The van der Waals surface area contributed by atoms with E-state index in [1.165, 1.54) is 0 Å². The zero-order valence-corrected chi connectivity index (χ0v) is 16.2. The molecule has 0 aliphatic heterocycles. The lowest BCUT2D eigenvalue weighted by molar-refractivity contribution is -0.118. The Morgan fingerprint density at radius 1 is 1.07 bits per heavy atom. The third-order valence-corrected chi connectivity index (χ3v) is 4.56. The highest BCUT2D eigenvalue weighted by Crippen LogP contribution is 2.22. The van der Waals surface area contributed by atoms with Crippen LogP contribution in [0.25, 0.3) is 0 Å². The van der Waals surface area contributed by atoms with E-state index in [4.69, 9.17) is 9.47 Å². The minimum Gasteiger partial charge on any atom is -0.483 e. The van der Waals surface area contributed by atoms with Crippen molar-refractivity contribution in [1.29, 1.82) is 0 Å². The Hall–Kier alpha value is -3.19. The first-order valence-electron chi connectivity index (χ1n) is 8.83. The average molecular weight is 396 g/mol. The number of carbonyl (C=O) groups is 2. The summed E-state index contributed by atoms with van der Waals surface area (Å²) in [6.45, 7) is 1.84. The van der Waals surface area contributed by atoms with Gasteiger partial charge in [-0.3, -0.25) is 10.1 Å². The minimum absolute atomic E-state index is 0.153. The van der Waals surface area contributed by atoms with E-state index in [1.807, 2.05) is 54.6 Å². The maximum Gasteiger partial charge on any atom is 0.357 e. The molecule has 0 saturated heterocycles. The maximum absolute atomic E-state index is 12.2. The van der Waals surface area contributed by atoms with Crippen LogP contribution >= 0.6 is 11.3 Å². The molecule has 3 rings (SSSR count). The molecule has 28 heavy (non-hydrogen) atoms. The van der Waals surface area contributed by atoms with Crippen LogP contribution in [0.1, 0.15) is 28.5 Å². The predicted molar refractivity (Wildman–Crippen MR) is 108 cm³/mol. The minimum atomic E-state index is -0.509. The van der Waals surface area contributed by atoms with Crippen LogP contribution in [-0.2, 0) is 16.0 Å². The third-order valence-electron chi connectivity index (χ3n) is 3.80. The molecule has 1 heterocycles. The summed E-state index contributed by atoms with van der Waals surface area (Å²) in [5.41, 5.74) is 2.34. The molecule has 0 aliphatic rings. The molecule has 3 aromatic rings. The van der Waals surface area contributed by atoms with Crippen LogP contribution in [-0.4, -0.2) is 30.1 Å². The van der Waals surface area contributed by atoms with Gasteiger partial charge in [0.25, 0.3) is 5.91 Å². The molecule has 0 radical (unpaired) electrons. The summed E-state index contributed by atoms with van der Waals surface area (Å²) in [7, 11) is 0. The molecule has 1 aromatic heterocycles. The lowest BCUT2D eigenvalue weighted by Gasteiger charge is -2.11. The Bertz CT molecular complexity index is 940. The van der Waals surface area contributed by atoms with Crippen LogP contribution in [0.5, 0.6) is 5.75 Å². The number of hydrogen-bond donors (Lipinski definition) is 1. The molecule has 1 amide bonds. The Morgan fingerprint density at radius 2 is 1.82 bits per heavy atom. The summed E-state index contributed by atoms with van der Waals surface area (Å²) in [5, 5.41) is 4.51. The van der Waals surface area contributed by atoms with Crippen molar-refractivity contribution in [3.63, 3.8) is 0 Å². The quantitative estimate of drug-likeness (QED) is 0.584. The van der Waals surface area contributed by atoms with Crippen molar-refractivity contribution in [1.82, 2.24) is 4.98 Å². The number of hydrogen-bond acceptors (Lipinski definition) is 6. The Labute approximate surface area is 167 Å². The van der Waals surface area contributed by atoms with Crippen molar-refractivity contribution in [2.75, 3.05) is 18.5 Å². The zero-order chi connectivity index (χ0) is 19.8. The van der Waals surface area contributed by atoms with Crippen LogP contribution < -0.4 is 10.1 Å². The van der Waals surface area contributed by atoms with Gasteiger partial charge in [-0.05, 0) is 24.1 Å². The SMILES string of the molecule is CCOC(=O)c1csc(NC(=O)COc2ccccc2Cc2ccccc2)n1. The topological polar surface area (TPSA) is 77.5 Å². The fourth-order valence-electron chi connectivity index (χ4n) is 2.54. The number of thiazole rings is 1. The molecule has 1 N–H and O–H groups in total. The van der Waals surface area contributed by atoms with Crippen LogP contribution in [0, 0.1) is 0 Å². The second-order valence-electron chi connectivity index (χ2n) is 5.87. The van der Waals surface area contributed by atoms with Crippen molar-refractivity contribution in [2.24, 2.45) is 0 Å². The number of anilines is 1. The number of amides is 1. The summed E-state index contributed by atoms with van der Waals surface area (Å²) in [6.07, 6.45) is 0.716. The standard InChI is InChI=1S/C21H20N2O4S/c1-2-26-20(25)17-14-28-21(22-17)23-19(24)13-27-18-11-7-6-10-16(18)12-15-8-4-3-5-9-15/h3-11,14H,2,12-13H2,1H3,(H,22,23,24). The van der Waals surface area contributed by atoms with E-state index in [-0.39, 0.29) is 24.8 Å². The van der Waals surface area contributed by atoms with Crippen molar-refractivity contribution in [3.8, 4) is 5.75 Å². The first-order valence-corrected chi connectivity index (χ1v) is 9.71. The molecule has 2 aromatic carbocycles. The molecule has 0 bridgehead atoms. The molecular weight excluding hydrogens is 376 g/mol. The number of benzene rings is 2. The normalized spacial score (nSPS) is 10.3. The molecule has 0 aliphatic carbocycles. The molecule has 144 valence electrons. The van der Waals surface area contributed by atoms with E-state index in [2.05, 4.69) is 10.3 Å². The van der Waals surface area contributed by atoms with Gasteiger partial charge in [0.2, 0.25) is 0 Å². The van der Waals surface area contributed by atoms with Crippen molar-refractivity contribution >= 4 is 28.3 Å². The Balaban J connectivity index is 1.57. The van der Waals surface area contributed by atoms with E-state index < -0.39 is 5.97 Å². The van der Waals surface area contributed by atoms with Crippen LogP contribution in [0.15, 0.2) is 60.0 Å². The van der Waals surface area contributed by atoms with Gasteiger partial charge in [0.15, 0.2) is 17.4 Å². The van der Waals surface area contributed by atoms with Gasteiger partial charge in [0.05, 0.1) is 6.61 Å². The number of aromatic nitrogens is 1. The summed E-state index contributed by atoms with van der Waals surface area (Å²) in [6, 6.07) is 17.7. The van der Waals surface area contributed by atoms with E-state index >= 15 is 0 Å². The van der Waals surface area contributed by atoms with Gasteiger partial charge in [-0.25, -0.2) is 9.78 Å².